The van der Waals surface area contributed by atoms with E-state index in [1.807, 2.05) is 30.3 Å². The summed E-state index contributed by atoms with van der Waals surface area (Å²) in [5.41, 5.74) is 1.26. The smallest absolute Gasteiger partial charge is 0.141 e. The molecule has 0 heterocycles. The van der Waals surface area contributed by atoms with E-state index < -0.39 is 0 Å². The van der Waals surface area contributed by atoms with Crippen LogP contribution in [-0.2, 0) is 6.54 Å². The zero-order valence-corrected chi connectivity index (χ0v) is 14.5. The second-order valence-corrected chi connectivity index (χ2v) is 6.27. The first-order chi connectivity index (χ1) is 9.69. The van der Waals surface area contributed by atoms with Gasteiger partial charge in [-0.25, -0.2) is 0 Å². The lowest BCUT2D eigenvalue weighted by Crippen LogP contribution is -2.13. The van der Waals surface area contributed by atoms with Crippen molar-refractivity contribution < 1.29 is 4.74 Å². The molecule has 4 heteroatoms. The van der Waals surface area contributed by atoms with E-state index in [0.29, 0.717) is 0 Å². The van der Waals surface area contributed by atoms with Gasteiger partial charge in [0.2, 0.25) is 0 Å². The second kappa shape index (κ2) is 7.81. The van der Waals surface area contributed by atoms with Gasteiger partial charge in [-0.1, -0.05) is 35.0 Å². The molecule has 0 aromatic heterocycles. The highest BCUT2D eigenvalue weighted by atomic mass is 79.9. The summed E-state index contributed by atoms with van der Waals surface area (Å²) in [5, 5.41) is 3.38. The first-order valence-corrected chi connectivity index (χ1v) is 8.20. The van der Waals surface area contributed by atoms with Gasteiger partial charge in [-0.3, -0.25) is 0 Å². The Hall–Kier alpha value is -0.840. The molecule has 2 aromatic rings. The normalized spacial score (nSPS) is 10.6. The molecule has 1 N–H and O–H groups in total. The van der Waals surface area contributed by atoms with Crippen molar-refractivity contribution >= 4 is 31.9 Å². The summed E-state index contributed by atoms with van der Waals surface area (Å²) >= 11 is 6.92. The summed E-state index contributed by atoms with van der Waals surface area (Å²) in [4.78, 5) is 0. The topological polar surface area (TPSA) is 21.3 Å². The van der Waals surface area contributed by atoms with E-state index in [-0.39, 0.29) is 0 Å². The SMILES string of the molecule is CCCNCc1ccc(Oc2ccc(Br)cc2Br)cc1. The fourth-order valence-corrected chi connectivity index (χ4v) is 2.90. The van der Waals surface area contributed by atoms with Crippen LogP contribution in [0.2, 0.25) is 0 Å². The number of hydrogen-bond donors (Lipinski definition) is 1. The van der Waals surface area contributed by atoms with E-state index in [0.717, 1.165) is 40.0 Å². The lowest BCUT2D eigenvalue weighted by Gasteiger charge is -2.09. The lowest BCUT2D eigenvalue weighted by molar-refractivity contribution is 0.479. The zero-order chi connectivity index (χ0) is 14.4. The Kier molecular flexibility index (Phi) is 6.07. The van der Waals surface area contributed by atoms with Crippen LogP contribution in [0.1, 0.15) is 18.9 Å². The summed E-state index contributed by atoms with van der Waals surface area (Å²) in [7, 11) is 0. The van der Waals surface area contributed by atoms with E-state index in [1.165, 1.54) is 5.56 Å². The maximum absolute atomic E-state index is 5.86. The van der Waals surface area contributed by atoms with Gasteiger partial charge >= 0.3 is 0 Å². The number of benzene rings is 2. The number of ether oxygens (including phenoxy) is 1. The van der Waals surface area contributed by atoms with Crippen LogP contribution in [0.4, 0.5) is 0 Å². The lowest BCUT2D eigenvalue weighted by atomic mass is 10.2. The molecule has 0 atom stereocenters. The van der Waals surface area contributed by atoms with Crippen LogP contribution < -0.4 is 10.1 Å². The molecule has 0 aliphatic rings. The van der Waals surface area contributed by atoms with Gasteiger partial charge in [-0.2, -0.15) is 0 Å². The highest BCUT2D eigenvalue weighted by Crippen LogP contribution is 2.31. The fourth-order valence-electron chi connectivity index (χ4n) is 1.77. The monoisotopic (exact) mass is 397 g/mol. The Morgan fingerprint density at radius 2 is 1.80 bits per heavy atom. The van der Waals surface area contributed by atoms with Gasteiger partial charge in [0.05, 0.1) is 4.47 Å². The van der Waals surface area contributed by atoms with Gasteiger partial charge in [0.25, 0.3) is 0 Å². The second-order valence-electron chi connectivity index (χ2n) is 4.50. The molecule has 0 bridgehead atoms. The van der Waals surface area contributed by atoms with Crippen molar-refractivity contribution in [3.8, 4) is 11.5 Å². The van der Waals surface area contributed by atoms with E-state index >= 15 is 0 Å². The minimum atomic E-state index is 0.810. The predicted molar refractivity (Wildman–Crippen MR) is 90.4 cm³/mol. The first kappa shape index (κ1) is 15.5. The molecule has 0 saturated heterocycles. The van der Waals surface area contributed by atoms with Gasteiger partial charge in [0, 0.05) is 11.0 Å². The van der Waals surface area contributed by atoms with Gasteiger partial charge in [-0.05, 0) is 64.8 Å². The van der Waals surface area contributed by atoms with Crippen molar-refractivity contribution in [1.82, 2.24) is 5.32 Å². The Bertz CT molecular complexity index is 555. The minimum absolute atomic E-state index is 0.810. The summed E-state index contributed by atoms with van der Waals surface area (Å²) < 4.78 is 7.81. The fraction of sp³-hybridized carbons (Fsp3) is 0.250. The molecule has 2 rings (SSSR count). The molecule has 0 saturated carbocycles. The highest BCUT2D eigenvalue weighted by Gasteiger charge is 2.03. The molecular formula is C16H17Br2NO. The van der Waals surface area contributed by atoms with E-state index in [4.69, 9.17) is 4.74 Å². The zero-order valence-electron chi connectivity index (χ0n) is 11.3. The van der Waals surface area contributed by atoms with Crippen LogP contribution in [0.15, 0.2) is 51.4 Å². The summed E-state index contributed by atoms with van der Waals surface area (Å²) in [6, 6.07) is 14.0. The number of halogens is 2. The highest BCUT2D eigenvalue weighted by molar-refractivity contribution is 9.11. The van der Waals surface area contributed by atoms with E-state index in [1.54, 1.807) is 0 Å². The van der Waals surface area contributed by atoms with Crippen LogP contribution in [0.3, 0.4) is 0 Å². The third-order valence-corrected chi connectivity index (χ3v) is 3.91. The Balaban J connectivity index is 1.99. The van der Waals surface area contributed by atoms with E-state index in [2.05, 4.69) is 56.2 Å². The molecule has 0 aliphatic heterocycles. The molecule has 0 radical (unpaired) electrons. The van der Waals surface area contributed by atoms with Crippen LogP contribution in [0.5, 0.6) is 11.5 Å². The molecule has 0 aliphatic carbocycles. The molecule has 2 nitrogen and oxygen atoms in total. The molecule has 106 valence electrons. The third kappa shape index (κ3) is 4.62. The van der Waals surface area contributed by atoms with Crippen LogP contribution >= 0.6 is 31.9 Å². The third-order valence-electron chi connectivity index (χ3n) is 2.80. The summed E-state index contributed by atoms with van der Waals surface area (Å²) in [6.45, 7) is 4.11. The minimum Gasteiger partial charge on any atom is -0.456 e. The maximum Gasteiger partial charge on any atom is 0.141 e. The van der Waals surface area contributed by atoms with Crippen molar-refractivity contribution in [2.24, 2.45) is 0 Å². The van der Waals surface area contributed by atoms with Crippen LogP contribution in [-0.4, -0.2) is 6.54 Å². The quantitative estimate of drug-likeness (QED) is 0.648. The number of hydrogen-bond acceptors (Lipinski definition) is 2. The molecule has 20 heavy (non-hydrogen) atoms. The summed E-state index contributed by atoms with van der Waals surface area (Å²) in [6.07, 6.45) is 1.15. The van der Waals surface area contributed by atoms with Gasteiger partial charge in [0.1, 0.15) is 11.5 Å². The van der Waals surface area contributed by atoms with Crippen molar-refractivity contribution in [3.05, 3.63) is 57.0 Å². The Labute approximate surface area is 136 Å². The number of nitrogens with one attached hydrogen (secondary N) is 1. The first-order valence-electron chi connectivity index (χ1n) is 6.61. The molecule has 0 spiro atoms. The average Bonchev–Trinajstić information content (AvgIpc) is 2.44. The molecule has 0 unspecified atom stereocenters. The van der Waals surface area contributed by atoms with Gasteiger partial charge in [0.15, 0.2) is 0 Å². The number of rotatable bonds is 6. The van der Waals surface area contributed by atoms with Crippen LogP contribution in [0.25, 0.3) is 0 Å². The average molecular weight is 399 g/mol. The molecule has 2 aromatic carbocycles. The maximum atomic E-state index is 5.86. The van der Waals surface area contributed by atoms with Crippen LogP contribution in [0, 0.1) is 0 Å². The van der Waals surface area contributed by atoms with Crippen molar-refractivity contribution in [2.75, 3.05) is 6.54 Å². The molecular weight excluding hydrogens is 382 g/mol. The van der Waals surface area contributed by atoms with Crippen molar-refractivity contribution in [3.63, 3.8) is 0 Å². The van der Waals surface area contributed by atoms with Gasteiger partial charge < -0.3 is 10.1 Å². The largest absolute Gasteiger partial charge is 0.456 e. The Morgan fingerprint density at radius 3 is 2.45 bits per heavy atom. The van der Waals surface area contributed by atoms with Gasteiger partial charge in [-0.15, -0.1) is 0 Å². The Morgan fingerprint density at radius 1 is 1.05 bits per heavy atom. The van der Waals surface area contributed by atoms with Crippen molar-refractivity contribution in [1.29, 1.82) is 0 Å². The molecule has 0 fully saturated rings. The summed E-state index contributed by atoms with van der Waals surface area (Å²) in [5.74, 6) is 1.65. The van der Waals surface area contributed by atoms with E-state index in [9.17, 15) is 0 Å². The standard InChI is InChI=1S/C16H17Br2NO/c1-2-9-19-11-12-3-6-14(7-4-12)20-16-8-5-13(17)10-15(16)18/h3-8,10,19H,2,9,11H2,1H3. The predicted octanol–water partition coefficient (Wildman–Crippen LogP) is 5.50. The molecule has 0 amide bonds. The van der Waals surface area contributed by atoms with Crippen molar-refractivity contribution in [2.45, 2.75) is 19.9 Å².